The number of amides is 1. The van der Waals surface area contributed by atoms with Crippen molar-refractivity contribution >= 4 is 17.6 Å². The van der Waals surface area contributed by atoms with E-state index in [9.17, 15) is 9.59 Å². The molecule has 1 aromatic rings. The van der Waals surface area contributed by atoms with Crippen LogP contribution in [0, 0.1) is 6.92 Å². The third-order valence-electron chi connectivity index (χ3n) is 3.17. The van der Waals surface area contributed by atoms with Gasteiger partial charge in [0, 0.05) is 12.0 Å². The smallest absolute Gasteiger partial charge is 0.419 e. The lowest BCUT2D eigenvalue weighted by atomic mass is 9.91. The van der Waals surface area contributed by atoms with E-state index in [-0.39, 0.29) is 12.2 Å². The average Bonchev–Trinajstić information content (AvgIpc) is 2.38. The Morgan fingerprint density at radius 2 is 2.21 bits per heavy atom. The number of rotatable bonds is 2. The van der Waals surface area contributed by atoms with E-state index in [1.165, 1.54) is 4.90 Å². The van der Waals surface area contributed by atoms with Gasteiger partial charge in [-0.1, -0.05) is 24.8 Å². The quantitative estimate of drug-likeness (QED) is 0.603. The number of aryl methyl sites for hydroxylation is 1. The summed E-state index contributed by atoms with van der Waals surface area (Å²) in [6.45, 7) is 8.90. The molecule has 0 saturated heterocycles. The third-order valence-corrected chi connectivity index (χ3v) is 3.17. The Morgan fingerprint density at radius 3 is 2.84 bits per heavy atom. The molecular weight excluding hydrogens is 242 g/mol. The van der Waals surface area contributed by atoms with E-state index in [2.05, 4.69) is 13.2 Å². The van der Waals surface area contributed by atoms with Crippen LogP contribution in [0.25, 0.3) is 0 Å². The van der Waals surface area contributed by atoms with Crippen molar-refractivity contribution in [1.29, 1.82) is 0 Å². The maximum atomic E-state index is 12.2. The number of nitrogens with zero attached hydrogens (tertiary/aromatic N) is 1. The number of hydrogen-bond acceptors (Lipinski definition) is 3. The molecule has 1 unspecified atom stereocenters. The van der Waals surface area contributed by atoms with Crippen LogP contribution in [0.5, 0.6) is 0 Å². The second-order valence-corrected chi connectivity index (χ2v) is 4.32. The molecule has 1 atom stereocenters. The van der Waals surface area contributed by atoms with Crippen LogP contribution >= 0.6 is 0 Å². The molecule has 2 rings (SSSR count). The Morgan fingerprint density at radius 1 is 1.47 bits per heavy atom. The van der Waals surface area contributed by atoms with Gasteiger partial charge in [-0.05, 0) is 18.6 Å². The highest BCUT2D eigenvalue weighted by atomic mass is 16.5. The normalized spacial score (nSPS) is 17.6. The van der Waals surface area contributed by atoms with Gasteiger partial charge in [0.1, 0.15) is 0 Å². The van der Waals surface area contributed by atoms with Crippen LogP contribution in [0.1, 0.15) is 22.3 Å². The highest BCUT2D eigenvalue weighted by molar-refractivity contribution is 6.09. The van der Waals surface area contributed by atoms with Crippen LogP contribution < -0.4 is 4.90 Å². The van der Waals surface area contributed by atoms with Gasteiger partial charge in [-0.3, -0.25) is 9.69 Å². The highest BCUT2D eigenvalue weighted by Crippen LogP contribution is 2.33. The van der Waals surface area contributed by atoms with Crippen molar-refractivity contribution in [2.24, 2.45) is 0 Å². The maximum Gasteiger partial charge on any atom is 0.419 e. The molecule has 98 valence electrons. The van der Waals surface area contributed by atoms with Crippen LogP contribution in [0.15, 0.2) is 43.7 Å². The van der Waals surface area contributed by atoms with Gasteiger partial charge in [0.15, 0.2) is 5.78 Å². The first-order valence-corrected chi connectivity index (χ1v) is 5.96. The Labute approximate surface area is 112 Å². The van der Waals surface area contributed by atoms with E-state index >= 15 is 0 Å². The van der Waals surface area contributed by atoms with Gasteiger partial charge in [-0.15, -0.1) is 6.58 Å². The first kappa shape index (κ1) is 13.1. The summed E-state index contributed by atoms with van der Waals surface area (Å²) >= 11 is 0. The number of benzene rings is 1. The molecule has 1 aliphatic rings. The molecule has 0 aromatic heterocycles. The fourth-order valence-electron chi connectivity index (χ4n) is 2.33. The monoisotopic (exact) mass is 257 g/mol. The molecule has 1 heterocycles. The molecule has 0 aliphatic carbocycles. The minimum absolute atomic E-state index is 0.0145. The van der Waals surface area contributed by atoms with Crippen LogP contribution in [0.4, 0.5) is 10.5 Å². The summed E-state index contributed by atoms with van der Waals surface area (Å²) in [5, 5.41) is 0. The number of carbonyl (C=O) groups excluding carboxylic acids is 2. The van der Waals surface area contributed by atoms with Gasteiger partial charge in [-0.25, -0.2) is 4.79 Å². The molecular formula is C15H15NO3. The Hall–Kier alpha value is -2.36. The molecule has 4 nitrogen and oxygen atoms in total. The van der Waals surface area contributed by atoms with E-state index < -0.39 is 12.1 Å². The van der Waals surface area contributed by atoms with Crippen molar-refractivity contribution in [3.8, 4) is 0 Å². The standard InChI is InChI=1S/C15H15NO3/c1-4-11-9-13(17)14-10(3)7-6-8-12(14)16(11)15(18)19-5-2/h4-8,11H,1-2,9H2,3H3. The van der Waals surface area contributed by atoms with Crippen molar-refractivity contribution in [3.05, 3.63) is 54.8 Å². The second kappa shape index (κ2) is 5.10. The SMILES string of the molecule is C=COC(=O)N1c2cccc(C)c2C(=O)CC1C=C. The zero-order valence-electron chi connectivity index (χ0n) is 10.8. The fourth-order valence-corrected chi connectivity index (χ4v) is 2.33. The van der Waals surface area contributed by atoms with E-state index in [0.29, 0.717) is 11.3 Å². The summed E-state index contributed by atoms with van der Waals surface area (Å²) in [6, 6.07) is 5.00. The number of anilines is 1. The van der Waals surface area contributed by atoms with Crippen LogP contribution in [-0.4, -0.2) is 17.9 Å². The van der Waals surface area contributed by atoms with Crippen molar-refractivity contribution in [3.63, 3.8) is 0 Å². The predicted octanol–water partition coefficient (Wildman–Crippen LogP) is 3.22. The lowest BCUT2D eigenvalue weighted by Crippen LogP contribution is -2.44. The summed E-state index contributed by atoms with van der Waals surface area (Å²) in [5.41, 5.74) is 1.98. The van der Waals surface area contributed by atoms with Crippen LogP contribution in [0.3, 0.4) is 0 Å². The molecule has 1 aromatic carbocycles. The number of carbonyl (C=O) groups is 2. The maximum absolute atomic E-state index is 12.2. The van der Waals surface area contributed by atoms with Crippen molar-refractivity contribution in [2.75, 3.05) is 4.90 Å². The molecule has 0 radical (unpaired) electrons. The number of hydrogen-bond donors (Lipinski definition) is 0. The zero-order valence-corrected chi connectivity index (χ0v) is 10.8. The van der Waals surface area contributed by atoms with Gasteiger partial charge in [0.25, 0.3) is 0 Å². The van der Waals surface area contributed by atoms with E-state index in [1.807, 2.05) is 13.0 Å². The Bertz CT molecular complexity index is 563. The molecule has 1 aliphatic heterocycles. The first-order valence-electron chi connectivity index (χ1n) is 5.96. The van der Waals surface area contributed by atoms with Gasteiger partial charge < -0.3 is 4.74 Å². The summed E-state index contributed by atoms with van der Waals surface area (Å²) in [6.07, 6.45) is 2.31. The topological polar surface area (TPSA) is 46.6 Å². The van der Waals surface area contributed by atoms with Gasteiger partial charge in [-0.2, -0.15) is 0 Å². The van der Waals surface area contributed by atoms with Gasteiger partial charge in [0.2, 0.25) is 0 Å². The molecule has 0 saturated carbocycles. The summed E-state index contributed by atoms with van der Waals surface area (Å²) in [4.78, 5) is 25.6. The summed E-state index contributed by atoms with van der Waals surface area (Å²) in [5.74, 6) is 0.0145. The molecule has 0 N–H and O–H groups in total. The molecule has 0 spiro atoms. The van der Waals surface area contributed by atoms with E-state index in [1.54, 1.807) is 18.2 Å². The molecule has 19 heavy (non-hydrogen) atoms. The fraction of sp³-hybridized carbons (Fsp3) is 0.200. The predicted molar refractivity (Wildman–Crippen MR) is 73.3 cm³/mol. The number of Topliss-reactive ketones (excluding diaryl/α,β-unsaturated/α-hetero) is 1. The van der Waals surface area contributed by atoms with Crippen molar-refractivity contribution < 1.29 is 14.3 Å². The third kappa shape index (κ3) is 2.17. The molecule has 0 fully saturated rings. The lowest BCUT2D eigenvalue weighted by Gasteiger charge is -2.34. The number of ketones is 1. The minimum atomic E-state index is -0.556. The largest absolute Gasteiger partial charge is 0.419 e. The van der Waals surface area contributed by atoms with E-state index in [0.717, 1.165) is 11.8 Å². The second-order valence-electron chi connectivity index (χ2n) is 4.32. The minimum Gasteiger partial charge on any atom is -0.419 e. The van der Waals surface area contributed by atoms with Gasteiger partial charge in [0.05, 0.1) is 18.0 Å². The Kier molecular flexibility index (Phi) is 3.51. The van der Waals surface area contributed by atoms with Crippen LogP contribution in [0.2, 0.25) is 0 Å². The van der Waals surface area contributed by atoms with Crippen molar-refractivity contribution in [2.45, 2.75) is 19.4 Å². The Balaban J connectivity index is 2.57. The zero-order chi connectivity index (χ0) is 14.0. The summed E-state index contributed by atoms with van der Waals surface area (Å²) < 4.78 is 4.84. The van der Waals surface area contributed by atoms with E-state index in [4.69, 9.17) is 4.74 Å². The average molecular weight is 257 g/mol. The molecule has 4 heteroatoms. The van der Waals surface area contributed by atoms with Crippen LogP contribution in [-0.2, 0) is 4.74 Å². The first-order chi connectivity index (χ1) is 9.10. The summed E-state index contributed by atoms with van der Waals surface area (Å²) in [7, 11) is 0. The number of fused-ring (bicyclic) bond motifs is 1. The van der Waals surface area contributed by atoms with Gasteiger partial charge >= 0.3 is 6.09 Å². The van der Waals surface area contributed by atoms with Crippen molar-refractivity contribution in [1.82, 2.24) is 0 Å². The molecule has 0 bridgehead atoms. The number of ether oxygens (including phenoxy) is 1. The molecule has 1 amide bonds. The lowest BCUT2D eigenvalue weighted by molar-refractivity contribution is 0.0971. The highest BCUT2D eigenvalue weighted by Gasteiger charge is 2.35.